The van der Waals surface area contributed by atoms with Gasteiger partial charge in [-0.15, -0.1) is 0 Å². The molecular formula is C14H21N3O2. The first-order valence-corrected chi connectivity index (χ1v) is 6.85. The number of piperidine rings is 1. The normalized spacial score (nSPS) is 23.1. The average molecular weight is 263 g/mol. The van der Waals surface area contributed by atoms with Crippen molar-refractivity contribution < 1.29 is 4.79 Å². The van der Waals surface area contributed by atoms with E-state index in [1.807, 2.05) is 6.92 Å². The maximum absolute atomic E-state index is 12.2. The molecule has 0 unspecified atom stereocenters. The van der Waals surface area contributed by atoms with Crippen molar-refractivity contribution >= 4 is 11.6 Å². The summed E-state index contributed by atoms with van der Waals surface area (Å²) in [4.78, 5) is 23.6. The van der Waals surface area contributed by atoms with Gasteiger partial charge in [-0.25, -0.2) is 0 Å². The summed E-state index contributed by atoms with van der Waals surface area (Å²) in [5.41, 5.74) is 0.647. The Morgan fingerprint density at radius 2 is 2.32 bits per heavy atom. The molecular weight excluding hydrogens is 242 g/mol. The Morgan fingerprint density at radius 3 is 3.00 bits per heavy atom. The van der Waals surface area contributed by atoms with Crippen molar-refractivity contribution in [2.45, 2.75) is 39.3 Å². The van der Waals surface area contributed by atoms with E-state index in [1.54, 1.807) is 16.8 Å². The van der Waals surface area contributed by atoms with Crippen LogP contribution in [-0.4, -0.2) is 23.1 Å². The van der Waals surface area contributed by atoms with Gasteiger partial charge >= 0.3 is 0 Å². The van der Waals surface area contributed by atoms with Crippen LogP contribution in [0.3, 0.4) is 0 Å². The Morgan fingerprint density at radius 1 is 1.53 bits per heavy atom. The highest BCUT2D eigenvalue weighted by molar-refractivity contribution is 5.92. The number of nitrogens with zero attached hydrogens (tertiary/aromatic N) is 1. The molecule has 0 aromatic carbocycles. The third-order valence-corrected chi connectivity index (χ3v) is 3.59. The molecule has 2 rings (SSSR count). The second-order valence-corrected chi connectivity index (χ2v) is 5.11. The maximum atomic E-state index is 12.2. The molecule has 2 heterocycles. The summed E-state index contributed by atoms with van der Waals surface area (Å²) >= 11 is 0. The van der Waals surface area contributed by atoms with Crippen molar-refractivity contribution in [2.24, 2.45) is 5.92 Å². The number of rotatable bonds is 3. The number of nitrogens with one attached hydrogen (secondary N) is 2. The van der Waals surface area contributed by atoms with Gasteiger partial charge in [0.15, 0.2) is 0 Å². The van der Waals surface area contributed by atoms with E-state index < -0.39 is 0 Å². The number of carbonyl (C=O) groups excluding carboxylic acids is 1. The molecule has 0 spiro atoms. The van der Waals surface area contributed by atoms with Crippen LogP contribution >= 0.6 is 0 Å². The number of aryl methyl sites for hydroxylation is 1. The highest BCUT2D eigenvalue weighted by Gasteiger charge is 2.24. The van der Waals surface area contributed by atoms with Gasteiger partial charge in [0.05, 0.1) is 5.69 Å². The van der Waals surface area contributed by atoms with Crippen LogP contribution in [0.1, 0.15) is 26.7 Å². The zero-order chi connectivity index (χ0) is 13.8. The highest BCUT2D eigenvalue weighted by atomic mass is 16.2. The number of amides is 1. The van der Waals surface area contributed by atoms with Crippen LogP contribution in [0.2, 0.25) is 0 Å². The van der Waals surface area contributed by atoms with Gasteiger partial charge in [-0.2, -0.15) is 0 Å². The van der Waals surface area contributed by atoms with Crippen LogP contribution in [0.4, 0.5) is 5.69 Å². The number of hydrogen-bond acceptors (Lipinski definition) is 3. The van der Waals surface area contributed by atoms with Gasteiger partial charge in [-0.05, 0) is 39.3 Å². The van der Waals surface area contributed by atoms with E-state index in [4.69, 9.17) is 0 Å². The first-order chi connectivity index (χ1) is 9.10. The van der Waals surface area contributed by atoms with Crippen LogP contribution in [0.15, 0.2) is 23.1 Å². The van der Waals surface area contributed by atoms with Gasteiger partial charge in [0.2, 0.25) is 5.91 Å². The quantitative estimate of drug-likeness (QED) is 0.861. The zero-order valence-corrected chi connectivity index (χ0v) is 11.5. The number of pyridine rings is 1. The SMILES string of the molecule is CCn1cc(NC(=O)[C@H]2CCN[C@@H](C)C2)ccc1=O. The molecule has 1 saturated heterocycles. The lowest BCUT2D eigenvalue weighted by molar-refractivity contribution is -0.120. The van der Waals surface area contributed by atoms with Gasteiger partial charge in [0.25, 0.3) is 5.56 Å². The number of carbonyl (C=O) groups is 1. The molecule has 1 aromatic heterocycles. The van der Waals surface area contributed by atoms with Crippen molar-refractivity contribution in [3.05, 3.63) is 28.7 Å². The van der Waals surface area contributed by atoms with E-state index in [0.29, 0.717) is 18.3 Å². The lowest BCUT2D eigenvalue weighted by atomic mass is 9.92. The lowest BCUT2D eigenvalue weighted by Gasteiger charge is -2.27. The van der Waals surface area contributed by atoms with Crippen molar-refractivity contribution in [3.8, 4) is 0 Å². The van der Waals surface area contributed by atoms with Crippen LogP contribution in [0, 0.1) is 5.92 Å². The van der Waals surface area contributed by atoms with Crippen LogP contribution in [0.5, 0.6) is 0 Å². The smallest absolute Gasteiger partial charge is 0.250 e. The number of hydrogen-bond donors (Lipinski definition) is 2. The van der Waals surface area contributed by atoms with Crippen LogP contribution < -0.4 is 16.2 Å². The van der Waals surface area contributed by atoms with Crippen molar-refractivity contribution in [1.29, 1.82) is 0 Å². The number of aromatic nitrogens is 1. The van der Waals surface area contributed by atoms with E-state index in [-0.39, 0.29) is 17.4 Å². The molecule has 0 radical (unpaired) electrons. The molecule has 2 atom stereocenters. The molecule has 1 aliphatic heterocycles. The summed E-state index contributed by atoms with van der Waals surface area (Å²) in [7, 11) is 0. The van der Waals surface area contributed by atoms with Gasteiger partial charge in [-0.3, -0.25) is 9.59 Å². The summed E-state index contributed by atoms with van der Waals surface area (Å²) in [5, 5.41) is 6.24. The summed E-state index contributed by atoms with van der Waals surface area (Å²) in [6.45, 7) is 5.48. The van der Waals surface area contributed by atoms with Crippen molar-refractivity contribution in [1.82, 2.24) is 9.88 Å². The summed E-state index contributed by atoms with van der Waals surface area (Å²) in [5.74, 6) is 0.105. The molecule has 1 amide bonds. The number of anilines is 1. The zero-order valence-electron chi connectivity index (χ0n) is 11.5. The predicted octanol–water partition coefficient (Wildman–Crippen LogP) is 1.19. The molecule has 0 bridgehead atoms. The van der Waals surface area contributed by atoms with Crippen molar-refractivity contribution in [2.75, 3.05) is 11.9 Å². The van der Waals surface area contributed by atoms with Gasteiger partial charge < -0.3 is 15.2 Å². The molecule has 1 aliphatic rings. The van der Waals surface area contributed by atoms with Gasteiger partial charge in [0.1, 0.15) is 0 Å². The maximum Gasteiger partial charge on any atom is 0.250 e. The second kappa shape index (κ2) is 6.02. The van der Waals surface area contributed by atoms with Gasteiger partial charge in [0, 0.05) is 30.8 Å². The Hall–Kier alpha value is -1.62. The lowest BCUT2D eigenvalue weighted by Crippen LogP contribution is -2.40. The topological polar surface area (TPSA) is 63.1 Å². The Kier molecular flexibility index (Phi) is 4.37. The third kappa shape index (κ3) is 3.44. The third-order valence-electron chi connectivity index (χ3n) is 3.59. The fourth-order valence-corrected chi connectivity index (χ4v) is 2.47. The molecule has 2 N–H and O–H groups in total. The molecule has 104 valence electrons. The minimum Gasteiger partial charge on any atom is -0.325 e. The fourth-order valence-electron chi connectivity index (χ4n) is 2.47. The van der Waals surface area contributed by atoms with E-state index in [9.17, 15) is 9.59 Å². The Balaban J connectivity index is 2.04. The molecule has 5 nitrogen and oxygen atoms in total. The molecule has 19 heavy (non-hydrogen) atoms. The highest BCUT2D eigenvalue weighted by Crippen LogP contribution is 2.18. The Bertz CT molecular complexity index is 510. The van der Waals surface area contributed by atoms with Crippen LogP contribution in [0.25, 0.3) is 0 Å². The first kappa shape index (κ1) is 13.8. The minimum absolute atomic E-state index is 0.0454. The van der Waals surface area contributed by atoms with E-state index in [2.05, 4.69) is 17.6 Å². The largest absolute Gasteiger partial charge is 0.325 e. The molecule has 0 saturated carbocycles. The molecule has 0 aliphatic carbocycles. The summed E-state index contributed by atoms with van der Waals surface area (Å²) in [6.07, 6.45) is 3.42. The molecule has 5 heteroatoms. The Labute approximate surface area is 113 Å². The average Bonchev–Trinajstić information content (AvgIpc) is 2.41. The van der Waals surface area contributed by atoms with E-state index in [1.165, 1.54) is 6.07 Å². The van der Waals surface area contributed by atoms with E-state index >= 15 is 0 Å². The summed E-state index contributed by atoms with van der Waals surface area (Å²) < 4.78 is 1.58. The minimum atomic E-state index is -0.0454. The fraction of sp³-hybridized carbons (Fsp3) is 0.571. The van der Waals surface area contributed by atoms with Crippen molar-refractivity contribution in [3.63, 3.8) is 0 Å². The van der Waals surface area contributed by atoms with Crippen LogP contribution in [-0.2, 0) is 11.3 Å². The van der Waals surface area contributed by atoms with E-state index in [0.717, 1.165) is 19.4 Å². The monoisotopic (exact) mass is 263 g/mol. The van der Waals surface area contributed by atoms with Gasteiger partial charge in [-0.1, -0.05) is 0 Å². The molecule has 1 fully saturated rings. The standard InChI is InChI=1S/C14H21N3O2/c1-3-17-9-12(4-5-13(17)18)16-14(19)11-6-7-15-10(2)8-11/h4-5,9-11,15H,3,6-8H2,1-2H3,(H,16,19)/t10-,11-/m0/s1. The second-order valence-electron chi connectivity index (χ2n) is 5.11. The predicted molar refractivity (Wildman–Crippen MR) is 75.2 cm³/mol. The molecule has 1 aromatic rings. The first-order valence-electron chi connectivity index (χ1n) is 6.85. The summed E-state index contributed by atoms with van der Waals surface area (Å²) in [6, 6.07) is 3.54.